The smallest absolute Gasteiger partial charge is 0.0268 e. The van der Waals surface area contributed by atoms with E-state index in [9.17, 15) is 0 Å². The fourth-order valence-corrected chi connectivity index (χ4v) is 22.5. The standard InChI is InChI=1S/C78H72S6/c1-7-31-55-49(19-1)25-13-37-67(55)79-73-43-61-62(44-74(73)80-68-38-14-26-50-20-2-8-32-56(50)68)64-46-76(82-70-40-16-28-52-22-4-10-34-58(52)70)78(84-72-42-18-30-54-24-6-12-36-60(54)72)48-66(64)65-47-77(83-71-41-17-29-53-23-5-11-35-59(53)71)75(45-63(61)65)81-69-39-15-27-51-21-3-9-33-57(51)69/h13-18,25-30,37-48H,1-12,19-24,31-36H2. The molecule has 10 aromatic rings. The van der Waals surface area contributed by atoms with Gasteiger partial charge in [-0.2, -0.15) is 0 Å². The van der Waals surface area contributed by atoms with Gasteiger partial charge < -0.3 is 0 Å². The maximum Gasteiger partial charge on any atom is 0.0268 e. The number of benzene rings is 10. The molecule has 6 aliphatic carbocycles. The Morgan fingerprint density at radius 3 is 0.488 bits per heavy atom. The van der Waals surface area contributed by atoms with Crippen molar-refractivity contribution in [2.45, 2.75) is 213 Å². The fraction of sp³-hybridized carbons (Fsp3) is 0.308. The fourth-order valence-electron chi connectivity index (χ4n) is 15.3. The zero-order valence-corrected chi connectivity index (χ0v) is 53.2. The van der Waals surface area contributed by atoms with E-state index in [1.165, 1.54) is 245 Å². The minimum Gasteiger partial charge on any atom is -0.0886 e. The van der Waals surface area contributed by atoms with E-state index < -0.39 is 0 Å². The molecule has 420 valence electrons. The van der Waals surface area contributed by atoms with Gasteiger partial charge in [-0.15, -0.1) is 0 Å². The highest BCUT2D eigenvalue weighted by Crippen LogP contribution is 2.54. The first-order valence-electron chi connectivity index (χ1n) is 31.9. The molecule has 10 aromatic carbocycles. The van der Waals surface area contributed by atoms with Crippen LogP contribution in [-0.4, -0.2) is 0 Å². The molecular weight excluding hydrogens is 1130 g/mol. The molecule has 0 saturated carbocycles. The molecule has 0 nitrogen and oxygen atoms in total. The first kappa shape index (κ1) is 54.5. The van der Waals surface area contributed by atoms with Crippen LogP contribution in [0.15, 0.2) is 204 Å². The summed E-state index contributed by atoms with van der Waals surface area (Å²) < 4.78 is 0. The van der Waals surface area contributed by atoms with Gasteiger partial charge in [0, 0.05) is 58.7 Å². The Hall–Kier alpha value is -4.92. The van der Waals surface area contributed by atoms with Gasteiger partial charge in [0.15, 0.2) is 0 Å². The van der Waals surface area contributed by atoms with Gasteiger partial charge in [0.1, 0.15) is 0 Å². The highest BCUT2D eigenvalue weighted by molar-refractivity contribution is 8.03. The molecule has 0 heterocycles. The van der Waals surface area contributed by atoms with Crippen LogP contribution in [-0.2, 0) is 77.0 Å². The van der Waals surface area contributed by atoms with Crippen LogP contribution in [0.3, 0.4) is 0 Å². The van der Waals surface area contributed by atoms with Crippen LogP contribution in [0.25, 0.3) is 32.3 Å². The predicted octanol–water partition coefficient (Wildman–Crippen LogP) is 23.3. The third kappa shape index (κ3) is 10.6. The van der Waals surface area contributed by atoms with Crippen molar-refractivity contribution in [2.24, 2.45) is 0 Å². The Labute approximate surface area is 523 Å². The van der Waals surface area contributed by atoms with E-state index in [4.69, 9.17) is 0 Å². The zero-order chi connectivity index (χ0) is 55.5. The summed E-state index contributed by atoms with van der Waals surface area (Å²) in [5.41, 5.74) is 18.8. The Bertz CT molecular complexity index is 3510. The minimum absolute atomic E-state index is 1.17. The SMILES string of the molecule is c1cc2c(c(Sc3cc4c5cc(Sc6cccc7c6CCCC7)c(Sc6cccc7c6CCCC7)cc5c5cc(Sc6cccc7c6CCCC7)c(Sc6cccc7c6CCCC7)cc5c4cc3Sc3cccc4c3CCCC4)c1)CCCC2. The molecule has 0 bridgehead atoms. The summed E-state index contributed by atoms with van der Waals surface area (Å²) >= 11 is 12.3. The van der Waals surface area contributed by atoms with Crippen LogP contribution in [0.4, 0.5) is 0 Å². The molecule has 0 saturated heterocycles. The van der Waals surface area contributed by atoms with Gasteiger partial charge in [0.2, 0.25) is 0 Å². The van der Waals surface area contributed by atoms with E-state index in [1.54, 1.807) is 66.8 Å². The summed E-state index contributed by atoms with van der Waals surface area (Å²) in [6.45, 7) is 0. The summed E-state index contributed by atoms with van der Waals surface area (Å²) in [6, 6.07) is 59.2. The predicted molar refractivity (Wildman–Crippen MR) is 362 cm³/mol. The van der Waals surface area contributed by atoms with Gasteiger partial charge in [0.25, 0.3) is 0 Å². The maximum absolute atomic E-state index is 2.68. The molecule has 6 heteroatoms. The van der Waals surface area contributed by atoms with Crippen LogP contribution < -0.4 is 0 Å². The first-order chi connectivity index (χ1) is 41.6. The van der Waals surface area contributed by atoms with E-state index in [2.05, 4.69) is 146 Å². The van der Waals surface area contributed by atoms with Crippen LogP contribution in [0.5, 0.6) is 0 Å². The number of aryl methyl sites for hydroxylation is 6. The van der Waals surface area contributed by atoms with Crippen molar-refractivity contribution in [3.63, 3.8) is 0 Å². The lowest BCUT2D eigenvalue weighted by atomic mass is 9.92. The molecule has 0 atom stereocenters. The first-order valence-corrected chi connectivity index (χ1v) is 36.8. The number of fused-ring (bicyclic) bond motifs is 12. The lowest BCUT2D eigenvalue weighted by molar-refractivity contribution is 0.675. The van der Waals surface area contributed by atoms with E-state index in [0.717, 1.165) is 0 Å². The third-order valence-corrected chi connectivity index (χ3v) is 26.9. The highest BCUT2D eigenvalue weighted by atomic mass is 32.2. The number of rotatable bonds is 12. The maximum atomic E-state index is 2.68. The largest absolute Gasteiger partial charge is 0.0886 e. The monoisotopic (exact) mass is 1200 g/mol. The van der Waals surface area contributed by atoms with Crippen LogP contribution in [0.1, 0.15) is 144 Å². The Morgan fingerprint density at radius 1 is 0.167 bits per heavy atom. The molecule has 84 heavy (non-hydrogen) atoms. The van der Waals surface area contributed by atoms with Gasteiger partial charge in [-0.1, -0.05) is 143 Å². The van der Waals surface area contributed by atoms with Crippen molar-refractivity contribution in [3.05, 3.63) is 212 Å². The molecule has 16 rings (SSSR count). The second-order valence-corrected chi connectivity index (χ2v) is 31.3. The van der Waals surface area contributed by atoms with Crippen molar-refractivity contribution in [1.29, 1.82) is 0 Å². The lowest BCUT2D eigenvalue weighted by Crippen LogP contribution is -2.04. The molecule has 0 aliphatic heterocycles. The van der Waals surface area contributed by atoms with Gasteiger partial charge in [-0.25, -0.2) is 0 Å². The quantitative estimate of drug-likeness (QED) is 0.111. The van der Waals surface area contributed by atoms with Gasteiger partial charge >= 0.3 is 0 Å². The van der Waals surface area contributed by atoms with Crippen LogP contribution in [0.2, 0.25) is 0 Å². The van der Waals surface area contributed by atoms with Crippen molar-refractivity contribution in [2.75, 3.05) is 0 Å². The molecule has 6 aliphatic rings. The average molecular weight is 1200 g/mol. The lowest BCUT2D eigenvalue weighted by Gasteiger charge is -2.24. The summed E-state index contributed by atoms with van der Waals surface area (Å²) in [4.78, 5) is 16.9. The Morgan fingerprint density at radius 2 is 0.321 bits per heavy atom. The summed E-state index contributed by atoms with van der Waals surface area (Å²) in [5, 5.41) is 8.25. The molecule has 0 unspecified atom stereocenters. The van der Waals surface area contributed by atoms with E-state index in [1.807, 2.05) is 70.6 Å². The Kier molecular flexibility index (Phi) is 15.6. The van der Waals surface area contributed by atoms with Crippen molar-refractivity contribution >= 4 is 103 Å². The van der Waals surface area contributed by atoms with E-state index >= 15 is 0 Å². The second kappa shape index (κ2) is 24.0. The Balaban J connectivity index is 0.985. The van der Waals surface area contributed by atoms with Gasteiger partial charge in [0.05, 0.1) is 0 Å². The van der Waals surface area contributed by atoms with Crippen LogP contribution in [0, 0.1) is 0 Å². The zero-order valence-electron chi connectivity index (χ0n) is 48.3. The molecule has 0 spiro atoms. The average Bonchev–Trinajstić information content (AvgIpc) is 3.73. The second-order valence-electron chi connectivity index (χ2n) is 24.8. The molecule has 0 aromatic heterocycles. The van der Waals surface area contributed by atoms with Crippen molar-refractivity contribution < 1.29 is 0 Å². The minimum atomic E-state index is 1.17. The topological polar surface area (TPSA) is 0 Å². The number of hydrogen-bond donors (Lipinski definition) is 0. The molecule has 0 radical (unpaired) electrons. The third-order valence-electron chi connectivity index (χ3n) is 19.6. The summed E-state index contributed by atoms with van der Waals surface area (Å²) in [6.07, 6.45) is 29.5. The van der Waals surface area contributed by atoms with Crippen molar-refractivity contribution in [1.82, 2.24) is 0 Å². The van der Waals surface area contributed by atoms with Crippen LogP contribution >= 0.6 is 70.6 Å². The highest BCUT2D eigenvalue weighted by Gasteiger charge is 2.26. The molecule has 0 fully saturated rings. The van der Waals surface area contributed by atoms with E-state index in [0.29, 0.717) is 0 Å². The molecule has 0 N–H and O–H groups in total. The van der Waals surface area contributed by atoms with E-state index in [-0.39, 0.29) is 0 Å². The number of hydrogen-bond acceptors (Lipinski definition) is 6. The van der Waals surface area contributed by atoms with Gasteiger partial charge in [-0.3, -0.25) is 0 Å². The summed E-state index contributed by atoms with van der Waals surface area (Å²) in [7, 11) is 0. The van der Waals surface area contributed by atoms with Gasteiger partial charge in [-0.05, 0) is 326 Å². The van der Waals surface area contributed by atoms with Crippen molar-refractivity contribution in [3.8, 4) is 0 Å². The normalized spacial score (nSPS) is 16.4. The molecule has 0 amide bonds. The molecular formula is C78H72S6. The summed E-state index contributed by atoms with van der Waals surface area (Å²) in [5.74, 6) is 0.